The maximum Gasteiger partial charge on any atom is 0.416 e. The number of hydrogen-bond acceptors (Lipinski definition) is 7. The molecule has 0 bridgehead atoms. The smallest absolute Gasteiger partial charge is 0.369 e. The van der Waals surface area contributed by atoms with Gasteiger partial charge in [0.2, 0.25) is 11.0 Å². The molecule has 0 atom stereocenters. The maximum absolute atomic E-state index is 12.6. The van der Waals surface area contributed by atoms with Gasteiger partial charge in [-0.1, -0.05) is 23.1 Å². The van der Waals surface area contributed by atoms with Gasteiger partial charge in [-0.2, -0.15) is 13.2 Å². The fourth-order valence-corrected chi connectivity index (χ4v) is 4.24. The van der Waals surface area contributed by atoms with Crippen molar-refractivity contribution in [3.63, 3.8) is 0 Å². The monoisotopic (exact) mass is 431 g/mol. The van der Waals surface area contributed by atoms with Crippen LogP contribution in [0.3, 0.4) is 0 Å². The van der Waals surface area contributed by atoms with Crippen LogP contribution in [0.25, 0.3) is 0 Å². The number of amides is 2. The molecule has 28 heavy (non-hydrogen) atoms. The summed E-state index contributed by atoms with van der Waals surface area (Å²) >= 11 is 2.56. The van der Waals surface area contributed by atoms with Crippen molar-refractivity contribution in [1.29, 1.82) is 0 Å². The number of rotatable bonds is 5. The van der Waals surface area contributed by atoms with Crippen molar-refractivity contribution in [3.8, 4) is 0 Å². The molecule has 1 saturated heterocycles. The van der Waals surface area contributed by atoms with Gasteiger partial charge in [0.25, 0.3) is 5.91 Å². The summed E-state index contributed by atoms with van der Waals surface area (Å²) in [6.07, 6.45) is -4.43. The Hall–Kier alpha value is -2.34. The first-order chi connectivity index (χ1) is 13.2. The molecule has 1 aliphatic rings. The van der Waals surface area contributed by atoms with E-state index in [-0.39, 0.29) is 17.2 Å². The van der Waals surface area contributed by atoms with Gasteiger partial charge < -0.3 is 15.5 Å². The maximum atomic E-state index is 12.6. The van der Waals surface area contributed by atoms with E-state index in [0.717, 1.165) is 12.1 Å². The van der Waals surface area contributed by atoms with Crippen molar-refractivity contribution >= 4 is 40.0 Å². The number of nitrogens with zero attached hydrogens (tertiary/aromatic N) is 4. The Labute approximate surface area is 166 Å². The molecule has 7 nitrogen and oxygen atoms in total. The zero-order valence-electron chi connectivity index (χ0n) is 14.5. The lowest BCUT2D eigenvalue weighted by Crippen LogP contribution is -2.48. The van der Waals surface area contributed by atoms with Crippen LogP contribution in [0.5, 0.6) is 0 Å². The highest BCUT2D eigenvalue weighted by Crippen LogP contribution is 2.30. The van der Waals surface area contributed by atoms with E-state index in [1.165, 1.54) is 35.2 Å². The van der Waals surface area contributed by atoms with Crippen LogP contribution in [0, 0.1) is 0 Å². The fourth-order valence-electron chi connectivity index (χ4n) is 2.61. The van der Waals surface area contributed by atoms with Gasteiger partial charge in [0, 0.05) is 31.7 Å². The van der Waals surface area contributed by atoms with Gasteiger partial charge in [-0.05, 0) is 24.3 Å². The van der Waals surface area contributed by atoms with Crippen molar-refractivity contribution in [1.82, 2.24) is 15.1 Å². The van der Waals surface area contributed by atoms with Gasteiger partial charge in [0.1, 0.15) is 0 Å². The van der Waals surface area contributed by atoms with Crippen LogP contribution >= 0.6 is 23.1 Å². The van der Waals surface area contributed by atoms with E-state index in [1.807, 2.05) is 4.90 Å². The molecule has 1 aromatic heterocycles. The Morgan fingerprint density at radius 2 is 1.75 bits per heavy atom. The largest absolute Gasteiger partial charge is 0.416 e. The minimum absolute atomic E-state index is 0.129. The first-order valence-corrected chi connectivity index (χ1v) is 10.0. The van der Waals surface area contributed by atoms with Crippen LogP contribution in [0.2, 0.25) is 0 Å². The lowest BCUT2D eigenvalue weighted by molar-refractivity contribution is -0.137. The third-order valence-corrected chi connectivity index (χ3v) is 6.17. The van der Waals surface area contributed by atoms with Crippen molar-refractivity contribution in [3.05, 3.63) is 35.4 Å². The van der Waals surface area contributed by atoms with Crippen molar-refractivity contribution in [2.24, 2.45) is 5.73 Å². The summed E-state index contributed by atoms with van der Waals surface area (Å²) in [6.45, 7) is 1.90. The van der Waals surface area contributed by atoms with Crippen LogP contribution in [0.15, 0.2) is 28.6 Å². The minimum atomic E-state index is -4.43. The topological polar surface area (TPSA) is 92.4 Å². The average molecular weight is 431 g/mol. The van der Waals surface area contributed by atoms with Gasteiger partial charge in [-0.25, -0.2) is 0 Å². The lowest BCUT2D eigenvalue weighted by Gasteiger charge is -2.34. The number of primary amides is 1. The van der Waals surface area contributed by atoms with E-state index in [4.69, 9.17) is 5.73 Å². The summed E-state index contributed by atoms with van der Waals surface area (Å²) in [4.78, 5) is 26.9. The predicted octanol–water partition coefficient (Wildman–Crippen LogP) is 2.10. The van der Waals surface area contributed by atoms with E-state index >= 15 is 0 Å². The van der Waals surface area contributed by atoms with E-state index in [0.29, 0.717) is 35.7 Å². The molecule has 150 valence electrons. The molecule has 12 heteroatoms. The molecule has 1 aliphatic heterocycles. The lowest BCUT2D eigenvalue weighted by atomic mass is 10.1. The summed E-state index contributed by atoms with van der Waals surface area (Å²) < 4.78 is 38.5. The number of halogens is 3. The van der Waals surface area contributed by atoms with Crippen LogP contribution in [0.1, 0.15) is 15.9 Å². The van der Waals surface area contributed by atoms with Crippen LogP contribution < -0.4 is 10.6 Å². The highest BCUT2D eigenvalue weighted by Gasteiger charge is 2.31. The normalized spacial score (nSPS) is 15.0. The average Bonchev–Trinajstić information content (AvgIpc) is 3.14. The molecule has 2 heterocycles. The van der Waals surface area contributed by atoms with E-state index in [2.05, 4.69) is 10.2 Å². The molecular formula is C16H16F3N5O2S2. The van der Waals surface area contributed by atoms with Crippen LogP contribution in [-0.4, -0.2) is 58.8 Å². The first-order valence-electron chi connectivity index (χ1n) is 8.20. The summed E-state index contributed by atoms with van der Waals surface area (Å²) in [7, 11) is 0. The van der Waals surface area contributed by atoms with Crippen molar-refractivity contribution in [2.75, 3.05) is 36.8 Å². The highest BCUT2D eigenvalue weighted by atomic mass is 32.2. The number of carbonyl (C=O) groups excluding carboxylic acids is 2. The predicted molar refractivity (Wildman–Crippen MR) is 99.4 cm³/mol. The Kier molecular flexibility index (Phi) is 6.08. The van der Waals surface area contributed by atoms with Gasteiger partial charge in [0.15, 0.2) is 4.34 Å². The summed E-state index contributed by atoms with van der Waals surface area (Å²) in [5, 5.41) is 8.78. The highest BCUT2D eigenvalue weighted by molar-refractivity contribution is 8.01. The van der Waals surface area contributed by atoms with Crippen molar-refractivity contribution < 1.29 is 22.8 Å². The van der Waals surface area contributed by atoms with Gasteiger partial charge in [0.05, 0.1) is 11.3 Å². The standard InChI is InChI=1S/C16H16F3N5O2S2/c17-16(18,19)11-3-1-10(2-4-11)13(26)23-5-7-24(8-6-23)14-21-22-15(28-14)27-9-12(20)25/h1-4H,5-9H2,(H2,20,25). The first kappa shape index (κ1) is 20.4. The minimum Gasteiger partial charge on any atom is -0.369 e. The number of aromatic nitrogens is 2. The molecule has 0 radical (unpaired) electrons. The van der Waals surface area contributed by atoms with E-state index in [1.54, 1.807) is 4.90 Å². The number of hydrogen-bond donors (Lipinski definition) is 1. The number of thioether (sulfide) groups is 1. The Balaban J connectivity index is 1.56. The molecule has 0 spiro atoms. The van der Waals surface area contributed by atoms with E-state index in [9.17, 15) is 22.8 Å². The molecule has 1 fully saturated rings. The molecule has 0 unspecified atom stereocenters. The van der Waals surface area contributed by atoms with Gasteiger partial charge in [-0.15, -0.1) is 10.2 Å². The Morgan fingerprint density at radius 1 is 1.11 bits per heavy atom. The Morgan fingerprint density at radius 3 is 2.32 bits per heavy atom. The number of nitrogens with two attached hydrogens (primary N) is 1. The molecule has 2 aromatic rings. The van der Waals surface area contributed by atoms with E-state index < -0.39 is 17.6 Å². The molecule has 0 saturated carbocycles. The van der Waals surface area contributed by atoms with Gasteiger partial charge in [-0.3, -0.25) is 9.59 Å². The third kappa shape index (κ3) is 4.93. The number of anilines is 1. The van der Waals surface area contributed by atoms with Crippen molar-refractivity contribution in [2.45, 2.75) is 10.5 Å². The second kappa shape index (κ2) is 8.35. The second-order valence-corrected chi connectivity index (χ2v) is 8.14. The summed E-state index contributed by atoms with van der Waals surface area (Å²) in [5.41, 5.74) is 4.55. The quantitative estimate of drug-likeness (QED) is 0.729. The second-order valence-electron chi connectivity index (χ2n) is 5.96. The summed E-state index contributed by atoms with van der Waals surface area (Å²) in [5.74, 6) is -0.607. The van der Waals surface area contributed by atoms with Gasteiger partial charge >= 0.3 is 6.18 Å². The zero-order chi connectivity index (χ0) is 20.3. The third-order valence-electron chi connectivity index (χ3n) is 4.03. The number of piperazine rings is 1. The molecule has 2 amide bonds. The molecule has 3 rings (SSSR count). The number of carbonyl (C=O) groups is 2. The van der Waals surface area contributed by atoms with Crippen LogP contribution in [0.4, 0.5) is 18.3 Å². The number of benzene rings is 1. The van der Waals surface area contributed by atoms with Crippen LogP contribution in [-0.2, 0) is 11.0 Å². The molecule has 1 aromatic carbocycles. The fraction of sp³-hybridized carbons (Fsp3) is 0.375. The zero-order valence-corrected chi connectivity index (χ0v) is 16.1. The number of alkyl halides is 3. The summed E-state index contributed by atoms with van der Waals surface area (Å²) in [6, 6.07) is 4.22. The molecule has 2 N–H and O–H groups in total. The SMILES string of the molecule is NC(=O)CSc1nnc(N2CCN(C(=O)c3ccc(C(F)(F)F)cc3)CC2)s1. The molecular weight excluding hydrogens is 415 g/mol. The Bertz CT molecular complexity index is 849. The molecule has 0 aliphatic carbocycles.